The molecule has 7 rings (SSSR count). The van der Waals surface area contributed by atoms with Crippen LogP contribution in [0.1, 0.15) is 18.4 Å². The van der Waals surface area contributed by atoms with E-state index in [0.29, 0.717) is 48.6 Å². The summed E-state index contributed by atoms with van der Waals surface area (Å²) in [6, 6.07) is 2.70. The lowest BCUT2D eigenvalue weighted by molar-refractivity contribution is -0.0156. The topological polar surface area (TPSA) is 61.8 Å². The highest BCUT2D eigenvalue weighted by atomic mass is 16.5. The third-order valence-electron chi connectivity index (χ3n) is 8.05. The molecule has 0 N–H and O–H groups in total. The molecule has 6 aliphatic heterocycles. The van der Waals surface area contributed by atoms with E-state index in [-0.39, 0.29) is 5.41 Å². The second-order valence-corrected chi connectivity index (χ2v) is 8.94. The molecule has 6 aliphatic rings. The third kappa shape index (κ3) is 2.05. The van der Waals surface area contributed by atoms with Crippen LogP contribution >= 0.6 is 0 Å². The normalized spacial score (nSPS) is 38.1. The predicted octanol–water partition coefficient (Wildman–Crippen LogP) is 2.69. The third-order valence-corrected chi connectivity index (χ3v) is 8.05. The molecule has 0 aromatic heterocycles. The van der Waals surface area contributed by atoms with Crippen molar-refractivity contribution in [2.45, 2.75) is 30.3 Å². The molecule has 0 saturated carbocycles. The van der Waals surface area contributed by atoms with E-state index < -0.39 is 0 Å². The number of aliphatic imine (C=N–C) groups is 1. The lowest BCUT2D eigenvalue weighted by atomic mass is 9.68. The van der Waals surface area contributed by atoms with Crippen molar-refractivity contribution in [3.05, 3.63) is 23.3 Å². The Labute approximate surface area is 176 Å². The second-order valence-electron chi connectivity index (χ2n) is 8.94. The quantitative estimate of drug-likeness (QED) is 0.693. The fourth-order valence-electron chi connectivity index (χ4n) is 6.91. The summed E-state index contributed by atoms with van der Waals surface area (Å²) < 4.78 is 29.1. The fourth-order valence-corrected chi connectivity index (χ4v) is 6.91. The van der Waals surface area contributed by atoms with Gasteiger partial charge < -0.3 is 23.7 Å². The van der Waals surface area contributed by atoms with Gasteiger partial charge in [-0.25, -0.2) is 4.99 Å². The van der Waals surface area contributed by atoms with Gasteiger partial charge in [0.05, 0.1) is 40.0 Å². The van der Waals surface area contributed by atoms with E-state index in [0.717, 1.165) is 42.3 Å². The Morgan fingerprint density at radius 1 is 1.20 bits per heavy atom. The summed E-state index contributed by atoms with van der Waals surface area (Å²) in [6.07, 6.45) is 4.40. The van der Waals surface area contributed by atoms with E-state index in [1.807, 2.05) is 6.07 Å². The first-order chi connectivity index (χ1) is 14.7. The lowest BCUT2D eigenvalue weighted by Gasteiger charge is -2.54. The van der Waals surface area contributed by atoms with Gasteiger partial charge in [-0.1, -0.05) is 11.6 Å². The van der Waals surface area contributed by atoms with Crippen molar-refractivity contribution in [3.63, 3.8) is 0 Å². The zero-order valence-electron chi connectivity index (χ0n) is 17.9. The van der Waals surface area contributed by atoms with Gasteiger partial charge in [0.2, 0.25) is 5.90 Å². The number of fused-ring (bicyclic) bond motifs is 2. The Morgan fingerprint density at radius 2 is 2.03 bits per heavy atom. The largest absolute Gasteiger partial charge is 0.494 e. The summed E-state index contributed by atoms with van der Waals surface area (Å²) in [6.45, 7) is 2.39. The number of hydrogen-bond acceptors (Lipinski definition) is 7. The van der Waals surface area contributed by atoms with Crippen molar-refractivity contribution in [2.24, 2.45) is 16.8 Å². The SMILES string of the molecule is COC/C=C1\CN2[C@H]3C[C@H]1[C@@H]1COC4=Nc5c(OC)cc(OC)c(OC)c5[C@@]43C[C@@H]12. The Balaban J connectivity index is 1.54. The molecular formula is C23H28N2O5. The van der Waals surface area contributed by atoms with Crippen LogP contribution in [0.4, 0.5) is 5.69 Å². The molecule has 6 heterocycles. The number of piperidine rings is 3. The molecule has 7 heteroatoms. The first-order valence-electron chi connectivity index (χ1n) is 10.7. The Morgan fingerprint density at radius 3 is 2.77 bits per heavy atom. The number of rotatable bonds is 5. The minimum atomic E-state index is -0.302. The van der Waals surface area contributed by atoms with Gasteiger partial charge in [0.25, 0.3) is 0 Å². The van der Waals surface area contributed by atoms with E-state index in [9.17, 15) is 0 Å². The molecule has 160 valence electrons. The van der Waals surface area contributed by atoms with Gasteiger partial charge in [-0.2, -0.15) is 0 Å². The van der Waals surface area contributed by atoms with Crippen molar-refractivity contribution < 1.29 is 23.7 Å². The molecule has 30 heavy (non-hydrogen) atoms. The highest BCUT2D eigenvalue weighted by Gasteiger charge is 2.70. The Bertz CT molecular complexity index is 973. The number of methoxy groups -OCH3 is 4. The van der Waals surface area contributed by atoms with Gasteiger partial charge in [-0.3, -0.25) is 4.90 Å². The van der Waals surface area contributed by atoms with Crippen LogP contribution in [0, 0.1) is 11.8 Å². The molecule has 5 fully saturated rings. The predicted molar refractivity (Wildman–Crippen MR) is 111 cm³/mol. The maximum Gasteiger partial charge on any atom is 0.201 e. The van der Waals surface area contributed by atoms with Crippen molar-refractivity contribution in [1.82, 2.24) is 4.90 Å². The first kappa shape index (κ1) is 18.5. The highest BCUT2D eigenvalue weighted by Crippen LogP contribution is 2.66. The molecule has 0 aliphatic carbocycles. The number of nitrogens with zero attached hydrogens (tertiary/aromatic N) is 2. The smallest absolute Gasteiger partial charge is 0.201 e. The fraction of sp³-hybridized carbons (Fsp3) is 0.609. The average molecular weight is 412 g/mol. The zero-order chi connectivity index (χ0) is 20.6. The van der Waals surface area contributed by atoms with E-state index in [1.54, 1.807) is 28.4 Å². The second kappa shape index (κ2) is 6.37. The molecular weight excluding hydrogens is 384 g/mol. The van der Waals surface area contributed by atoms with Crippen molar-refractivity contribution in [1.29, 1.82) is 0 Å². The molecule has 5 bridgehead atoms. The molecule has 1 aromatic carbocycles. The van der Waals surface area contributed by atoms with Crippen LogP contribution in [0.3, 0.4) is 0 Å². The van der Waals surface area contributed by atoms with Crippen molar-refractivity contribution in [2.75, 3.05) is 48.2 Å². The van der Waals surface area contributed by atoms with E-state index in [2.05, 4.69) is 11.0 Å². The van der Waals surface area contributed by atoms with E-state index >= 15 is 0 Å². The molecule has 7 nitrogen and oxygen atoms in total. The van der Waals surface area contributed by atoms with Crippen LogP contribution in [-0.4, -0.2) is 71.1 Å². The minimum Gasteiger partial charge on any atom is -0.494 e. The van der Waals surface area contributed by atoms with Gasteiger partial charge in [-0.15, -0.1) is 0 Å². The van der Waals surface area contributed by atoms with E-state index in [4.69, 9.17) is 28.7 Å². The van der Waals surface area contributed by atoms with Crippen LogP contribution in [0.25, 0.3) is 0 Å². The Hall–Kier alpha value is -2.25. The van der Waals surface area contributed by atoms with Crippen LogP contribution < -0.4 is 14.2 Å². The van der Waals surface area contributed by atoms with Crippen LogP contribution in [-0.2, 0) is 14.9 Å². The standard InChI is InChI=1S/C23H28N2O5/c1-26-6-5-12-10-25-15-9-23-18(25)7-13(12)14(15)11-30-22(23)24-20-16(27-2)8-17(28-3)21(29-4)19(20)23/h5,8,13-15,18H,6-7,9-11H2,1-4H3/b12-5+/t13-,14+,15+,18+,23+/m1/s1. The average Bonchev–Trinajstić information content (AvgIpc) is 3.14. The molecule has 6 atom stereocenters. The van der Waals surface area contributed by atoms with Crippen LogP contribution in [0.5, 0.6) is 17.2 Å². The summed E-state index contributed by atoms with van der Waals surface area (Å²) in [5.74, 6) is 4.03. The Kier molecular flexibility index (Phi) is 3.93. The lowest BCUT2D eigenvalue weighted by Crippen LogP contribution is -2.61. The summed E-state index contributed by atoms with van der Waals surface area (Å²) in [4.78, 5) is 7.70. The van der Waals surface area contributed by atoms with Gasteiger partial charge in [0.1, 0.15) is 11.4 Å². The highest BCUT2D eigenvalue weighted by molar-refractivity contribution is 6.01. The molecule has 1 unspecified atom stereocenters. The van der Waals surface area contributed by atoms with Crippen LogP contribution in [0.2, 0.25) is 0 Å². The summed E-state index contributed by atoms with van der Waals surface area (Å²) >= 11 is 0. The monoisotopic (exact) mass is 412 g/mol. The van der Waals surface area contributed by atoms with Gasteiger partial charge in [-0.05, 0) is 18.8 Å². The maximum atomic E-state index is 6.46. The maximum absolute atomic E-state index is 6.46. The zero-order valence-corrected chi connectivity index (χ0v) is 17.9. The number of hydrogen-bond donors (Lipinski definition) is 0. The number of ether oxygens (including phenoxy) is 5. The molecule has 0 radical (unpaired) electrons. The summed E-state index contributed by atoms with van der Waals surface area (Å²) in [5.41, 5.74) is 3.12. The van der Waals surface area contributed by atoms with Crippen LogP contribution in [0.15, 0.2) is 22.7 Å². The minimum absolute atomic E-state index is 0.302. The summed E-state index contributed by atoms with van der Waals surface area (Å²) in [5, 5.41) is 0. The molecule has 0 amide bonds. The first-order valence-corrected chi connectivity index (χ1v) is 10.7. The van der Waals surface area contributed by atoms with Gasteiger partial charge >= 0.3 is 0 Å². The van der Waals surface area contributed by atoms with E-state index in [1.165, 1.54) is 5.57 Å². The number of benzene rings is 1. The van der Waals surface area contributed by atoms with Gasteiger partial charge in [0.15, 0.2) is 11.5 Å². The molecule has 1 spiro atoms. The summed E-state index contributed by atoms with van der Waals surface area (Å²) in [7, 11) is 6.81. The molecule has 5 saturated heterocycles. The van der Waals surface area contributed by atoms with Crippen molar-refractivity contribution in [3.8, 4) is 17.2 Å². The van der Waals surface area contributed by atoms with Crippen molar-refractivity contribution >= 4 is 11.6 Å². The van der Waals surface area contributed by atoms with Gasteiger partial charge in [0, 0.05) is 43.3 Å². The molecule has 1 aromatic rings.